The number of nitrogens with zero attached hydrogens (tertiary/aromatic N) is 3. The molecule has 1 saturated heterocycles. The molecule has 1 fully saturated rings. The Kier molecular flexibility index (Phi) is 3.99. The highest BCUT2D eigenvalue weighted by Gasteiger charge is 2.35. The first kappa shape index (κ1) is 13.3. The minimum Gasteiger partial charge on any atom is -0.481 e. The van der Waals surface area contributed by atoms with E-state index in [9.17, 15) is 9.59 Å². The molecule has 0 saturated carbocycles. The van der Waals surface area contributed by atoms with E-state index < -0.39 is 5.97 Å². The lowest BCUT2D eigenvalue weighted by Gasteiger charge is -2.22. The van der Waals surface area contributed by atoms with Crippen LogP contribution in [0.5, 0.6) is 0 Å². The van der Waals surface area contributed by atoms with Crippen molar-refractivity contribution in [1.82, 2.24) is 14.8 Å². The molecule has 2 heterocycles. The number of carboxylic acids is 1. The monoisotopic (exact) mass is 263 g/mol. The van der Waals surface area contributed by atoms with Gasteiger partial charge in [-0.05, 0) is 18.6 Å². The molecule has 102 valence electrons. The second kappa shape index (κ2) is 5.69. The minimum atomic E-state index is -0.834. The van der Waals surface area contributed by atoms with E-state index in [4.69, 9.17) is 5.11 Å². The van der Waals surface area contributed by atoms with Crippen molar-refractivity contribution in [2.75, 3.05) is 13.6 Å². The third-order valence-corrected chi connectivity index (χ3v) is 3.25. The first-order valence-electron chi connectivity index (χ1n) is 6.21. The lowest BCUT2D eigenvalue weighted by Crippen LogP contribution is -2.34. The van der Waals surface area contributed by atoms with E-state index in [1.807, 2.05) is 18.2 Å². The molecule has 1 aliphatic heterocycles. The topological polar surface area (TPSA) is 73.7 Å². The number of aliphatic carboxylic acids is 1. The van der Waals surface area contributed by atoms with Gasteiger partial charge in [-0.25, -0.2) is 4.79 Å². The Hall–Kier alpha value is -2.11. The number of rotatable bonds is 5. The second-order valence-electron chi connectivity index (χ2n) is 4.70. The maximum atomic E-state index is 12.0. The smallest absolute Gasteiger partial charge is 0.320 e. The number of hydrogen-bond donors (Lipinski definition) is 1. The number of carboxylic acid groups (broad SMARTS) is 1. The molecular weight excluding hydrogens is 246 g/mol. The molecular formula is C13H17N3O3. The van der Waals surface area contributed by atoms with Crippen molar-refractivity contribution < 1.29 is 14.7 Å². The lowest BCUT2D eigenvalue weighted by atomic mass is 10.1. The van der Waals surface area contributed by atoms with Gasteiger partial charge < -0.3 is 14.9 Å². The molecule has 1 aromatic rings. The summed E-state index contributed by atoms with van der Waals surface area (Å²) in [6.07, 6.45) is 2.23. The molecule has 0 spiro atoms. The number of amides is 2. The summed E-state index contributed by atoms with van der Waals surface area (Å²) in [7, 11) is 1.73. The van der Waals surface area contributed by atoms with Crippen molar-refractivity contribution in [3.05, 3.63) is 30.1 Å². The zero-order valence-corrected chi connectivity index (χ0v) is 10.8. The van der Waals surface area contributed by atoms with Gasteiger partial charge in [0.15, 0.2) is 0 Å². The van der Waals surface area contributed by atoms with Gasteiger partial charge in [-0.2, -0.15) is 0 Å². The number of urea groups is 1. The van der Waals surface area contributed by atoms with Gasteiger partial charge in [0.05, 0.1) is 18.3 Å². The maximum Gasteiger partial charge on any atom is 0.320 e. The standard InChI is InChI=1S/C13H17N3O3/c1-15-9-11(5-6-12(17)18)16(13(15)19)8-10-4-2-3-7-14-10/h2-4,7,11H,5-6,8-9H2,1H3,(H,17,18). The quantitative estimate of drug-likeness (QED) is 0.865. The predicted octanol–water partition coefficient (Wildman–Crippen LogP) is 1.18. The van der Waals surface area contributed by atoms with Crippen molar-refractivity contribution >= 4 is 12.0 Å². The van der Waals surface area contributed by atoms with Gasteiger partial charge in [0.1, 0.15) is 0 Å². The van der Waals surface area contributed by atoms with Crippen LogP contribution in [0.1, 0.15) is 18.5 Å². The van der Waals surface area contributed by atoms with E-state index >= 15 is 0 Å². The molecule has 6 heteroatoms. The highest BCUT2D eigenvalue weighted by molar-refractivity contribution is 5.77. The average molecular weight is 263 g/mol. The Morgan fingerprint density at radius 1 is 1.53 bits per heavy atom. The van der Waals surface area contributed by atoms with Gasteiger partial charge in [0, 0.05) is 26.2 Å². The molecule has 1 N–H and O–H groups in total. The SMILES string of the molecule is CN1CC(CCC(=O)O)N(Cc2ccccn2)C1=O. The number of carbonyl (C=O) groups excluding carboxylic acids is 1. The third-order valence-electron chi connectivity index (χ3n) is 3.25. The van der Waals surface area contributed by atoms with Crippen molar-refractivity contribution in [2.24, 2.45) is 0 Å². The van der Waals surface area contributed by atoms with E-state index in [0.29, 0.717) is 19.5 Å². The summed E-state index contributed by atoms with van der Waals surface area (Å²) in [4.78, 5) is 30.2. The minimum absolute atomic E-state index is 0.0596. The molecule has 2 rings (SSSR count). The fourth-order valence-electron chi connectivity index (χ4n) is 2.27. The normalized spacial score (nSPS) is 19.0. The van der Waals surface area contributed by atoms with Gasteiger partial charge >= 0.3 is 12.0 Å². The molecule has 0 aromatic carbocycles. The Balaban J connectivity index is 2.05. The van der Waals surface area contributed by atoms with Gasteiger partial charge in [-0.3, -0.25) is 9.78 Å². The molecule has 1 aromatic heterocycles. The van der Waals surface area contributed by atoms with Crippen LogP contribution in [-0.4, -0.2) is 51.5 Å². The van der Waals surface area contributed by atoms with Crippen LogP contribution in [0.2, 0.25) is 0 Å². The third kappa shape index (κ3) is 3.21. The molecule has 1 atom stereocenters. The highest BCUT2D eigenvalue weighted by atomic mass is 16.4. The summed E-state index contributed by atoms with van der Waals surface area (Å²) in [5.41, 5.74) is 0.812. The van der Waals surface area contributed by atoms with Crippen LogP contribution in [0.4, 0.5) is 4.79 Å². The Bertz CT molecular complexity index is 463. The predicted molar refractivity (Wildman–Crippen MR) is 68.5 cm³/mol. The van der Waals surface area contributed by atoms with Crippen LogP contribution < -0.4 is 0 Å². The van der Waals surface area contributed by atoms with Crippen LogP contribution >= 0.6 is 0 Å². The molecule has 1 unspecified atom stereocenters. The summed E-state index contributed by atoms with van der Waals surface area (Å²) >= 11 is 0. The molecule has 0 aliphatic carbocycles. The Morgan fingerprint density at radius 3 is 2.95 bits per heavy atom. The number of pyridine rings is 1. The fourth-order valence-corrected chi connectivity index (χ4v) is 2.27. The largest absolute Gasteiger partial charge is 0.481 e. The van der Waals surface area contributed by atoms with Crippen molar-refractivity contribution in [3.63, 3.8) is 0 Å². The van der Waals surface area contributed by atoms with Gasteiger partial charge in [0.2, 0.25) is 0 Å². The van der Waals surface area contributed by atoms with Crippen LogP contribution in [0, 0.1) is 0 Å². The number of aromatic nitrogens is 1. The van der Waals surface area contributed by atoms with Gasteiger partial charge in [-0.1, -0.05) is 6.07 Å². The van der Waals surface area contributed by atoms with Crippen molar-refractivity contribution in [1.29, 1.82) is 0 Å². The van der Waals surface area contributed by atoms with E-state index in [2.05, 4.69) is 4.98 Å². The molecule has 2 amide bonds. The number of likely N-dealkylation sites (N-methyl/N-ethyl adjacent to an activating group) is 1. The highest BCUT2D eigenvalue weighted by Crippen LogP contribution is 2.20. The second-order valence-corrected chi connectivity index (χ2v) is 4.70. The van der Waals surface area contributed by atoms with Crippen LogP contribution in [-0.2, 0) is 11.3 Å². The molecule has 6 nitrogen and oxygen atoms in total. The maximum absolute atomic E-state index is 12.0. The Morgan fingerprint density at radius 2 is 2.32 bits per heavy atom. The molecule has 1 aliphatic rings. The van der Waals surface area contributed by atoms with E-state index in [-0.39, 0.29) is 18.5 Å². The van der Waals surface area contributed by atoms with E-state index in [0.717, 1.165) is 5.69 Å². The first-order valence-corrected chi connectivity index (χ1v) is 6.21. The van der Waals surface area contributed by atoms with Crippen LogP contribution in [0.25, 0.3) is 0 Å². The summed E-state index contributed by atoms with van der Waals surface area (Å²) in [5.74, 6) is -0.834. The zero-order valence-electron chi connectivity index (χ0n) is 10.8. The summed E-state index contributed by atoms with van der Waals surface area (Å²) < 4.78 is 0. The average Bonchev–Trinajstić information content (AvgIpc) is 2.65. The van der Waals surface area contributed by atoms with Crippen molar-refractivity contribution in [2.45, 2.75) is 25.4 Å². The zero-order chi connectivity index (χ0) is 13.8. The first-order chi connectivity index (χ1) is 9.08. The number of hydrogen-bond acceptors (Lipinski definition) is 3. The summed E-state index contributed by atoms with van der Waals surface area (Å²) in [6, 6.07) is 5.43. The van der Waals surface area contributed by atoms with Crippen LogP contribution in [0.15, 0.2) is 24.4 Å². The van der Waals surface area contributed by atoms with Crippen molar-refractivity contribution in [3.8, 4) is 0 Å². The summed E-state index contributed by atoms with van der Waals surface area (Å²) in [6.45, 7) is 0.993. The van der Waals surface area contributed by atoms with E-state index in [1.54, 1.807) is 23.0 Å². The fraction of sp³-hybridized carbons (Fsp3) is 0.462. The number of carbonyl (C=O) groups is 2. The summed E-state index contributed by atoms with van der Waals surface area (Å²) in [5, 5.41) is 8.75. The lowest BCUT2D eigenvalue weighted by molar-refractivity contribution is -0.137. The van der Waals surface area contributed by atoms with Gasteiger partial charge in [0.25, 0.3) is 0 Å². The van der Waals surface area contributed by atoms with Gasteiger partial charge in [-0.15, -0.1) is 0 Å². The molecule has 0 radical (unpaired) electrons. The Labute approximate surface area is 111 Å². The van der Waals surface area contributed by atoms with E-state index in [1.165, 1.54) is 0 Å². The molecule has 0 bridgehead atoms. The van der Waals surface area contributed by atoms with Crippen LogP contribution in [0.3, 0.4) is 0 Å². The molecule has 19 heavy (non-hydrogen) atoms.